The Labute approximate surface area is 475 Å². The third-order valence-corrected chi connectivity index (χ3v) is 16.2. The summed E-state index contributed by atoms with van der Waals surface area (Å²) >= 11 is 1.57. The van der Waals surface area contributed by atoms with Crippen molar-refractivity contribution in [3.8, 4) is 27.6 Å². The Morgan fingerprint density at radius 1 is 0.864 bits per heavy atom. The molecule has 0 aliphatic carbocycles. The van der Waals surface area contributed by atoms with Gasteiger partial charge in [0.25, 0.3) is 5.91 Å². The number of thiazole rings is 1. The van der Waals surface area contributed by atoms with Crippen molar-refractivity contribution in [2.45, 2.75) is 97.0 Å². The normalized spacial score (nSPS) is 17.8. The first-order chi connectivity index (χ1) is 38.9. The van der Waals surface area contributed by atoms with E-state index in [0.29, 0.717) is 59.3 Å². The van der Waals surface area contributed by atoms with Crippen molar-refractivity contribution in [3.63, 3.8) is 0 Å². The number of nitrogens with one attached hydrogen (secondary N) is 5. The van der Waals surface area contributed by atoms with Gasteiger partial charge < -0.3 is 51.1 Å². The molecule has 0 radical (unpaired) electrons. The zero-order valence-corrected chi connectivity index (χ0v) is 47.9. The van der Waals surface area contributed by atoms with Crippen LogP contribution in [0.3, 0.4) is 0 Å². The number of piperidine rings is 1. The van der Waals surface area contributed by atoms with E-state index in [-0.39, 0.29) is 49.4 Å². The molecule has 428 valence electrons. The minimum absolute atomic E-state index is 0.00496. The van der Waals surface area contributed by atoms with Crippen LogP contribution in [0.1, 0.15) is 87.6 Å². The number of aromatic nitrogens is 7. The van der Waals surface area contributed by atoms with Gasteiger partial charge in [0.2, 0.25) is 23.6 Å². The van der Waals surface area contributed by atoms with Crippen molar-refractivity contribution in [2.75, 3.05) is 75.5 Å². The first kappa shape index (κ1) is 57.6. The number of para-hydroxylation sites is 1. The number of nitrogens with zero attached hydrogens (tertiary/aromatic N) is 11. The molecule has 3 aliphatic heterocycles. The molecule has 0 spiro atoms. The smallest absolute Gasteiger partial charge is 0.273 e. The fourth-order valence-corrected chi connectivity index (χ4v) is 11.5. The predicted molar refractivity (Wildman–Crippen MR) is 308 cm³/mol. The number of methoxy groups -OCH3 is 1. The number of rotatable bonds is 18. The van der Waals surface area contributed by atoms with E-state index in [2.05, 4.69) is 66.6 Å². The third kappa shape index (κ3) is 13.6. The van der Waals surface area contributed by atoms with Crippen LogP contribution in [0.4, 0.5) is 28.7 Å². The van der Waals surface area contributed by atoms with Gasteiger partial charge in [-0.3, -0.25) is 33.6 Å². The van der Waals surface area contributed by atoms with Gasteiger partial charge in [-0.15, -0.1) is 21.5 Å². The van der Waals surface area contributed by atoms with Gasteiger partial charge in [-0.25, -0.2) is 15.0 Å². The molecule has 5 amide bonds. The largest absolute Gasteiger partial charge is 0.494 e. The monoisotopic (exact) mass is 1120 g/mol. The molecular formula is C57H72N16O7S. The van der Waals surface area contributed by atoms with Crippen molar-refractivity contribution < 1.29 is 33.8 Å². The summed E-state index contributed by atoms with van der Waals surface area (Å²) in [6.07, 6.45) is 4.16. The Balaban J connectivity index is 0.720. The number of piperazine rings is 1. The molecule has 23 nitrogen and oxygen atoms in total. The molecule has 6 aromatic rings. The fourth-order valence-electron chi connectivity index (χ4n) is 10.7. The second-order valence-corrected chi connectivity index (χ2v) is 22.7. The molecule has 0 saturated carbocycles. The van der Waals surface area contributed by atoms with Crippen LogP contribution in [-0.2, 0) is 26.2 Å². The fraction of sp³-hybridized carbons (Fsp3) is 0.456. The lowest BCUT2D eigenvalue weighted by molar-refractivity contribution is -0.144. The summed E-state index contributed by atoms with van der Waals surface area (Å²) in [6, 6.07) is 17.0. The first-order valence-corrected chi connectivity index (χ1v) is 28.2. The highest BCUT2D eigenvalue weighted by atomic mass is 32.1. The maximum atomic E-state index is 14.3. The Kier molecular flexibility index (Phi) is 17.9. The number of aliphatic hydroxyl groups is 1. The molecule has 24 heteroatoms. The summed E-state index contributed by atoms with van der Waals surface area (Å²) < 4.78 is 7.39. The molecule has 3 aliphatic rings. The zero-order valence-electron chi connectivity index (χ0n) is 47.1. The average molecular weight is 1130 g/mol. The number of carbonyl (C=O) groups excluding carboxylic acids is 5. The predicted octanol–water partition coefficient (Wildman–Crippen LogP) is 5.22. The Morgan fingerprint density at radius 2 is 1.62 bits per heavy atom. The second-order valence-electron chi connectivity index (χ2n) is 21.9. The molecule has 7 heterocycles. The molecule has 4 atom stereocenters. The maximum absolute atomic E-state index is 14.3. The highest BCUT2D eigenvalue weighted by molar-refractivity contribution is 7.13. The number of ether oxygens (including phenoxy) is 1. The standard InChI is InChI=1S/C57H72N16O7S/c1-34(36-12-14-37(15-13-36)51-35(2)61-33-81-51)62-54(77)44-28-40(74)31-73(44)56(79)52(57(3,4)5)65-47(75)18-19-48(76)72-22-20-38(21-23-72)70-24-26-71(27-25-70)39-16-17-45(59-30-39)64-46-29-43(49(67-66-46)55(78)58-6)63-42-11-9-10-41(50(42)80-8)53-60-32-69(7)68-53/h9-17,29-30,32-34,38,40,44,52,74H,18-28,31H2,1-8H3,(H,58,78)(H,62,77)(H,65,75)(H2,59,63,64,66)/t34-,40+,44-,52+/m0/s1. The van der Waals surface area contributed by atoms with Crippen molar-refractivity contribution in [3.05, 3.63) is 95.6 Å². The van der Waals surface area contributed by atoms with E-state index in [1.165, 1.54) is 11.9 Å². The lowest BCUT2D eigenvalue weighted by Crippen LogP contribution is -2.58. The van der Waals surface area contributed by atoms with Gasteiger partial charge in [0.15, 0.2) is 23.1 Å². The molecule has 0 unspecified atom stereocenters. The average Bonchev–Trinajstić information content (AvgIpc) is 4.44. The number of amides is 5. The van der Waals surface area contributed by atoms with Crippen LogP contribution in [0.5, 0.6) is 5.75 Å². The SMILES string of the molecule is CNC(=O)c1nnc(Nc2ccc(N3CCN(C4CCN(C(=O)CCC(=O)N[C@H](C(=O)N5C[C@H](O)C[C@H]5C(=O)N[C@@H](C)c5ccc(-c6scnc6C)cc5)C(C)(C)C)CC4)CC3)cn2)cc1Nc1cccc(-c2ncn(C)n2)c1OC. The molecule has 0 bridgehead atoms. The minimum atomic E-state index is -0.997. The van der Waals surface area contributed by atoms with E-state index in [1.54, 1.807) is 42.6 Å². The lowest BCUT2D eigenvalue weighted by atomic mass is 9.85. The van der Waals surface area contributed by atoms with Crippen molar-refractivity contribution in [1.29, 1.82) is 0 Å². The molecular weight excluding hydrogens is 1050 g/mol. The second kappa shape index (κ2) is 25.1. The number of anilines is 5. The molecule has 3 saturated heterocycles. The van der Waals surface area contributed by atoms with Gasteiger partial charge in [-0.2, -0.15) is 5.10 Å². The Hall–Kier alpha value is -8.09. The minimum Gasteiger partial charge on any atom is -0.494 e. The van der Waals surface area contributed by atoms with E-state index in [9.17, 15) is 29.1 Å². The quantitative estimate of drug-likeness (QED) is 0.0644. The van der Waals surface area contributed by atoms with E-state index in [4.69, 9.17) is 4.74 Å². The number of likely N-dealkylation sites (tertiary alicyclic amines) is 2. The third-order valence-electron chi connectivity index (χ3n) is 15.2. The molecule has 81 heavy (non-hydrogen) atoms. The van der Waals surface area contributed by atoms with Crippen molar-refractivity contribution >= 4 is 69.6 Å². The summed E-state index contributed by atoms with van der Waals surface area (Å²) in [5, 5.41) is 38.7. The van der Waals surface area contributed by atoms with Gasteiger partial charge in [-0.1, -0.05) is 51.1 Å². The summed E-state index contributed by atoms with van der Waals surface area (Å²) in [5.41, 5.74) is 6.65. The van der Waals surface area contributed by atoms with E-state index >= 15 is 0 Å². The highest BCUT2D eigenvalue weighted by Crippen LogP contribution is 2.38. The van der Waals surface area contributed by atoms with Crippen LogP contribution in [0.15, 0.2) is 78.7 Å². The highest BCUT2D eigenvalue weighted by Gasteiger charge is 2.45. The summed E-state index contributed by atoms with van der Waals surface area (Å²) in [7, 11) is 4.86. The van der Waals surface area contributed by atoms with Crippen LogP contribution < -0.4 is 36.2 Å². The molecule has 4 aromatic heterocycles. The molecule has 3 fully saturated rings. The Morgan fingerprint density at radius 3 is 2.26 bits per heavy atom. The van der Waals surface area contributed by atoms with Crippen LogP contribution in [0.25, 0.3) is 21.8 Å². The van der Waals surface area contributed by atoms with Gasteiger partial charge >= 0.3 is 0 Å². The number of pyridine rings is 1. The summed E-state index contributed by atoms with van der Waals surface area (Å²) in [6.45, 7) is 13.8. The zero-order chi connectivity index (χ0) is 57.5. The summed E-state index contributed by atoms with van der Waals surface area (Å²) in [4.78, 5) is 90.4. The van der Waals surface area contributed by atoms with Crippen LogP contribution >= 0.6 is 11.3 Å². The van der Waals surface area contributed by atoms with Crippen LogP contribution in [0, 0.1) is 12.3 Å². The number of carbonyl (C=O) groups is 5. The van der Waals surface area contributed by atoms with Gasteiger partial charge in [0.1, 0.15) is 24.2 Å². The number of hydrogen-bond acceptors (Lipinski definition) is 18. The number of aliphatic hydroxyl groups excluding tert-OH is 1. The Bertz CT molecular complexity index is 3200. The summed E-state index contributed by atoms with van der Waals surface area (Å²) in [5.74, 6) is 0.0834. The van der Waals surface area contributed by atoms with Crippen LogP contribution in [-0.4, -0.2) is 168 Å². The van der Waals surface area contributed by atoms with E-state index in [0.717, 1.165) is 66.4 Å². The van der Waals surface area contributed by atoms with E-state index in [1.807, 2.05) is 106 Å². The molecule has 2 aromatic carbocycles. The van der Waals surface area contributed by atoms with Crippen molar-refractivity contribution in [1.82, 2.24) is 65.6 Å². The van der Waals surface area contributed by atoms with Gasteiger partial charge in [0, 0.05) is 91.3 Å². The number of benzene rings is 2. The van der Waals surface area contributed by atoms with Crippen molar-refractivity contribution in [2.24, 2.45) is 12.5 Å². The lowest BCUT2D eigenvalue weighted by Gasteiger charge is -2.43. The van der Waals surface area contributed by atoms with Gasteiger partial charge in [0.05, 0.1) is 64.2 Å². The van der Waals surface area contributed by atoms with Gasteiger partial charge in [-0.05, 0) is 67.5 Å². The van der Waals surface area contributed by atoms with Crippen LogP contribution in [0.2, 0.25) is 0 Å². The number of β-amino-alcohol motifs (C(OH)–C–C–N with tert-alkyl or cyclic N) is 1. The number of hydrogen-bond donors (Lipinski definition) is 6. The number of aryl methyl sites for hydroxylation is 2. The molecule has 9 rings (SSSR count). The maximum Gasteiger partial charge on any atom is 0.273 e. The topological polar surface area (TPSA) is 270 Å². The molecule has 6 N–H and O–H groups in total. The van der Waals surface area contributed by atoms with E-state index < -0.39 is 41.3 Å². The first-order valence-electron chi connectivity index (χ1n) is 27.4.